The van der Waals surface area contributed by atoms with Crippen LogP contribution in [0.15, 0.2) is 138 Å². The zero-order valence-corrected chi connectivity index (χ0v) is 23.5. The Balaban J connectivity index is 1.33. The Morgan fingerprint density at radius 2 is 0.780 bits per heavy atom. The van der Waals surface area contributed by atoms with Crippen LogP contribution in [0.2, 0.25) is 0 Å². The molecular weight excluding hydrogens is 566 g/mol. The summed E-state index contributed by atoms with van der Waals surface area (Å²) in [6.45, 7) is 0. The van der Waals surface area contributed by atoms with Crippen molar-refractivity contribution in [3.8, 4) is 34.2 Å². The minimum absolute atomic E-state index is 0.654. The van der Waals surface area contributed by atoms with Gasteiger partial charge >= 0.3 is 0 Å². The Labute approximate surface area is 245 Å². The number of benzene rings is 7. The molecule has 0 spiro atoms. The molecule has 192 valence electrons. The lowest BCUT2D eigenvalue weighted by molar-refractivity contribution is 1.08. The highest BCUT2D eigenvalue weighted by Gasteiger charge is 2.14. The molecule has 3 nitrogen and oxygen atoms in total. The van der Waals surface area contributed by atoms with Crippen LogP contribution >= 0.6 is 15.9 Å². The Kier molecular flexibility index (Phi) is 5.61. The van der Waals surface area contributed by atoms with E-state index in [0.29, 0.717) is 17.5 Å². The van der Waals surface area contributed by atoms with Crippen LogP contribution in [-0.4, -0.2) is 15.0 Å². The van der Waals surface area contributed by atoms with Gasteiger partial charge in [-0.2, -0.15) is 0 Å². The molecule has 1 aromatic heterocycles. The van der Waals surface area contributed by atoms with Gasteiger partial charge in [0, 0.05) is 21.2 Å². The molecule has 4 heteroatoms. The van der Waals surface area contributed by atoms with E-state index in [4.69, 9.17) is 15.0 Å². The van der Waals surface area contributed by atoms with Gasteiger partial charge in [0.1, 0.15) is 0 Å². The van der Waals surface area contributed by atoms with Gasteiger partial charge in [0.05, 0.1) is 0 Å². The van der Waals surface area contributed by atoms with Gasteiger partial charge in [0.15, 0.2) is 17.5 Å². The smallest absolute Gasteiger partial charge is 0.164 e. The van der Waals surface area contributed by atoms with Crippen LogP contribution in [-0.2, 0) is 0 Å². The normalized spacial score (nSPS) is 11.5. The topological polar surface area (TPSA) is 38.7 Å². The minimum Gasteiger partial charge on any atom is -0.208 e. The van der Waals surface area contributed by atoms with Crippen molar-refractivity contribution in [3.05, 3.63) is 138 Å². The fourth-order valence-electron chi connectivity index (χ4n) is 5.60. The van der Waals surface area contributed by atoms with E-state index >= 15 is 0 Å². The second-order valence-corrected chi connectivity index (χ2v) is 11.2. The minimum atomic E-state index is 0.654. The van der Waals surface area contributed by atoms with E-state index in [-0.39, 0.29) is 0 Å². The van der Waals surface area contributed by atoms with Gasteiger partial charge in [-0.25, -0.2) is 15.0 Å². The molecule has 0 aliphatic rings. The Morgan fingerprint density at radius 1 is 0.341 bits per heavy atom. The van der Waals surface area contributed by atoms with Gasteiger partial charge in [0.25, 0.3) is 0 Å². The maximum absolute atomic E-state index is 5.02. The lowest BCUT2D eigenvalue weighted by Gasteiger charge is -2.11. The first kappa shape index (κ1) is 23.9. The van der Waals surface area contributed by atoms with Crippen molar-refractivity contribution in [2.45, 2.75) is 0 Å². The van der Waals surface area contributed by atoms with Crippen molar-refractivity contribution in [2.75, 3.05) is 0 Å². The van der Waals surface area contributed by atoms with Crippen LogP contribution < -0.4 is 0 Å². The molecule has 0 aliphatic carbocycles. The van der Waals surface area contributed by atoms with Gasteiger partial charge in [-0.15, -0.1) is 0 Å². The monoisotopic (exact) mass is 587 g/mol. The SMILES string of the molecule is Brc1ccc2cc(-c3nc(-c4ccc5ccccc5c4)nc(-c4ccc5c(ccc6ccccc65)c4)n3)ccc2c1. The molecule has 8 aromatic rings. The van der Waals surface area contributed by atoms with E-state index < -0.39 is 0 Å². The molecule has 0 aliphatic heterocycles. The molecule has 0 atom stereocenters. The maximum atomic E-state index is 5.02. The van der Waals surface area contributed by atoms with Gasteiger partial charge in [-0.3, -0.25) is 0 Å². The van der Waals surface area contributed by atoms with E-state index in [2.05, 4.69) is 149 Å². The molecule has 41 heavy (non-hydrogen) atoms. The molecule has 0 radical (unpaired) electrons. The average Bonchev–Trinajstić information content (AvgIpc) is 3.03. The average molecular weight is 589 g/mol. The zero-order chi connectivity index (χ0) is 27.3. The number of hydrogen-bond acceptors (Lipinski definition) is 3. The van der Waals surface area contributed by atoms with Crippen LogP contribution in [0.3, 0.4) is 0 Å². The molecule has 0 saturated carbocycles. The van der Waals surface area contributed by atoms with Gasteiger partial charge < -0.3 is 0 Å². The van der Waals surface area contributed by atoms with Crippen molar-refractivity contribution in [1.82, 2.24) is 15.0 Å². The van der Waals surface area contributed by atoms with Crippen LogP contribution in [0.1, 0.15) is 0 Å². The van der Waals surface area contributed by atoms with Crippen LogP contribution in [0.4, 0.5) is 0 Å². The number of halogens is 1. The summed E-state index contributed by atoms with van der Waals surface area (Å²) in [4.78, 5) is 15.0. The summed E-state index contributed by atoms with van der Waals surface area (Å²) in [5, 5.41) is 9.50. The second kappa shape index (κ2) is 9.61. The number of rotatable bonds is 3. The lowest BCUT2D eigenvalue weighted by atomic mass is 10.00. The Morgan fingerprint density at radius 3 is 1.51 bits per heavy atom. The van der Waals surface area contributed by atoms with E-state index in [9.17, 15) is 0 Å². The Bertz CT molecular complexity index is 2290. The van der Waals surface area contributed by atoms with Crippen molar-refractivity contribution < 1.29 is 0 Å². The third kappa shape index (κ3) is 4.33. The molecule has 8 rings (SSSR count). The van der Waals surface area contributed by atoms with Crippen molar-refractivity contribution >= 4 is 59.0 Å². The first-order chi connectivity index (χ1) is 20.2. The highest BCUT2D eigenvalue weighted by Crippen LogP contribution is 2.32. The number of aromatic nitrogens is 3. The fourth-order valence-corrected chi connectivity index (χ4v) is 5.98. The first-order valence-corrected chi connectivity index (χ1v) is 14.3. The third-order valence-electron chi connectivity index (χ3n) is 7.71. The van der Waals surface area contributed by atoms with E-state index in [1.165, 1.54) is 21.5 Å². The van der Waals surface area contributed by atoms with Crippen LogP contribution in [0, 0.1) is 0 Å². The van der Waals surface area contributed by atoms with Crippen molar-refractivity contribution in [3.63, 3.8) is 0 Å². The summed E-state index contributed by atoms with van der Waals surface area (Å²) in [7, 11) is 0. The van der Waals surface area contributed by atoms with Crippen LogP contribution in [0.5, 0.6) is 0 Å². The summed E-state index contributed by atoms with van der Waals surface area (Å²) in [5.41, 5.74) is 2.88. The third-order valence-corrected chi connectivity index (χ3v) is 8.20. The quantitative estimate of drug-likeness (QED) is 0.193. The molecule has 0 bridgehead atoms. The van der Waals surface area contributed by atoms with Crippen molar-refractivity contribution in [2.24, 2.45) is 0 Å². The molecule has 0 amide bonds. The van der Waals surface area contributed by atoms with Gasteiger partial charge in [-0.05, 0) is 73.4 Å². The second-order valence-electron chi connectivity index (χ2n) is 10.3. The fraction of sp³-hybridized carbons (Fsp3) is 0. The molecule has 0 unspecified atom stereocenters. The molecular formula is C37H22BrN3. The summed E-state index contributed by atoms with van der Waals surface area (Å²) < 4.78 is 1.06. The molecule has 0 fully saturated rings. The lowest BCUT2D eigenvalue weighted by Crippen LogP contribution is -2.00. The maximum Gasteiger partial charge on any atom is 0.164 e. The van der Waals surface area contributed by atoms with E-state index in [1.54, 1.807) is 0 Å². The summed E-state index contributed by atoms with van der Waals surface area (Å²) in [5.74, 6) is 1.97. The molecule has 1 heterocycles. The number of hydrogen-bond donors (Lipinski definition) is 0. The highest BCUT2D eigenvalue weighted by atomic mass is 79.9. The predicted octanol–water partition coefficient (Wildman–Crippen LogP) is 10.2. The molecule has 0 saturated heterocycles. The highest BCUT2D eigenvalue weighted by molar-refractivity contribution is 9.10. The summed E-state index contributed by atoms with van der Waals surface area (Å²) in [6, 6.07) is 46.7. The van der Waals surface area contributed by atoms with Crippen LogP contribution in [0.25, 0.3) is 77.3 Å². The predicted molar refractivity (Wildman–Crippen MR) is 174 cm³/mol. The summed E-state index contributed by atoms with van der Waals surface area (Å²) >= 11 is 3.58. The Hall–Kier alpha value is -4.93. The molecule has 7 aromatic carbocycles. The largest absolute Gasteiger partial charge is 0.208 e. The van der Waals surface area contributed by atoms with E-state index in [1.807, 2.05) is 0 Å². The zero-order valence-electron chi connectivity index (χ0n) is 21.9. The van der Waals surface area contributed by atoms with Gasteiger partial charge in [0.2, 0.25) is 0 Å². The number of fused-ring (bicyclic) bond motifs is 5. The standard InChI is InChI=1S/C37H22BrN3/c38-32-17-15-26-20-30(14-11-27(26)22-32)36-39-35(29-13-9-23-5-1-2-7-25(23)19-29)40-37(41-36)31-16-18-34-28(21-31)12-10-24-6-3-4-8-33(24)34/h1-22H. The van der Waals surface area contributed by atoms with Gasteiger partial charge in [-0.1, -0.05) is 119 Å². The van der Waals surface area contributed by atoms with Crippen molar-refractivity contribution in [1.29, 1.82) is 0 Å². The molecule has 0 N–H and O–H groups in total. The first-order valence-electron chi connectivity index (χ1n) is 13.5. The summed E-state index contributed by atoms with van der Waals surface area (Å²) in [6.07, 6.45) is 0. The van der Waals surface area contributed by atoms with E-state index in [0.717, 1.165) is 42.7 Å². The number of nitrogens with zero attached hydrogens (tertiary/aromatic N) is 3.